The van der Waals surface area contributed by atoms with Gasteiger partial charge < -0.3 is 15.0 Å². The Balaban J connectivity index is 1.71. The third-order valence-corrected chi connectivity index (χ3v) is 4.59. The van der Waals surface area contributed by atoms with E-state index in [1.165, 1.54) is 12.1 Å². The number of carbonyl (C=O) groups excluding carboxylic acids is 1. The fourth-order valence-electron chi connectivity index (χ4n) is 3.49. The Kier molecular flexibility index (Phi) is 5.03. The number of hydrogen-bond acceptors (Lipinski definition) is 4. The lowest BCUT2D eigenvalue weighted by atomic mass is 9.97. The lowest BCUT2D eigenvalue weighted by molar-refractivity contribution is 0.0494. The van der Waals surface area contributed by atoms with Gasteiger partial charge in [0.15, 0.2) is 0 Å². The molecule has 2 heterocycles. The zero-order chi connectivity index (χ0) is 18.9. The summed E-state index contributed by atoms with van der Waals surface area (Å²) >= 11 is 0. The maximum absolute atomic E-state index is 13.5. The van der Waals surface area contributed by atoms with E-state index in [2.05, 4.69) is 22.1 Å². The molecule has 140 valence electrons. The van der Waals surface area contributed by atoms with Gasteiger partial charge in [0.1, 0.15) is 11.4 Å². The Morgan fingerprint density at radius 3 is 2.81 bits per heavy atom. The lowest BCUT2D eigenvalue weighted by Gasteiger charge is -2.40. The summed E-state index contributed by atoms with van der Waals surface area (Å²) in [5.74, 6) is -0.282. The molecule has 2 aromatic rings. The Bertz CT molecular complexity index is 803. The standard InChI is InChI=1S/C20H26FN3O2/c1-13-11-15(23-19(25)26-20(2,3)4)8-10-24(13)18-7-9-22-17-12-14(21)5-6-16(17)18/h5-7,9,12-13,15H,8,10-11H2,1-4H3,(H,23,25). The summed E-state index contributed by atoms with van der Waals surface area (Å²) in [6, 6.07) is 7.00. The van der Waals surface area contributed by atoms with Crippen molar-refractivity contribution in [3.63, 3.8) is 0 Å². The first-order chi connectivity index (χ1) is 12.2. The first-order valence-electron chi connectivity index (χ1n) is 9.03. The third-order valence-electron chi connectivity index (χ3n) is 4.59. The fraction of sp³-hybridized carbons (Fsp3) is 0.500. The second-order valence-electron chi connectivity index (χ2n) is 7.90. The number of carbonyl (C=O) groups is 1. The number of amides is 1. The number of rotatable bonds is 2. The van der Waals surface area contributed by atoms with E-state index in [0.717, 1.165) is 30.5 Å². The molecule has 0 bridgehead atoms. The minimum atomic E-state index is -0.498. The number of nitrogens with zero attached hydrogens (tertiary/aromatic N) is 2. The van der Waals surface area contributed by atoms with Crippen LogP contribution in [0.25, 0.3) is 10.9 Å². The van der Waals surface area contributed by atoms with E-state index < -0.39 is 5.60 Å². The summed E-state index contributed by atoms with van der Waals surface area (Å²) in [6.45, 7) is 8.51. The largest absolute Gasteiger partial charge is 0.444 e. The Labute approximate surface area is 153 Å². The van der Waals surface area contributed by atoms with Crippen LogP contribution in [-0.4, -0.2) is 35.3 Å². The summed E-state index contributed by atoms with van der Waals surface area (Å²) < 4.78 is 18.8. The van der Waals surface area contributed by atoms with Gasteiger partial charge in [0.2, 0.25) is 0 Å². The van der Waals surface area contributed by atoms with Crippen molar-refractivity contribution in [1.29, 1.82) is 0 Å². The normalized spacial score (nSPS) is 20.9. The number of piperidine rings is 1. The molecule has 1 aliphatic heterocycles. The number of aromatic nitrogens is 1. The molecule has 1 aromatic carbocycles. The van der Waals surface area contributed by atoms with Gasteiger partial charge in [0, 0.05) is 42.0 Å². The Morgan fingerprint density at radius 1 is 1.35 bits per heavy atom. The molecule has 1 aromatic heterocycles. The molecule has 26 heavy (non-hydrogen) atoms. The molecule has 2 atom stereocenters. The molecule has 0 saturated carbocycles. The number of nitrogens with one attached hydrogen (secondary N) is 1. The van der Waals surface area contributed by atoms with Crippen LogP contribution in [0.3, 0.4) is 0 Å². The van der Waals surface area contributed by atoms with E-state index in [0.29, 0.717) is 5.52 Å². The van der Waals surface area contributed by atoms with Crippen molar-refractivity contribution in [3.05, 3.63) is 36.3 Å². The molecule has 1 N–H and O–H groups in total. The van der Waals surface area contributed by atoms with Crippen LogP contribution in [-0.2, 0) is 4.74 Å². The lowest BCUT2D eigenvalue weighted by Crippen LogP contribution is -2.49. The molecule has 5 nitrogen and oxygen atoms in total. The fourth-order valence-corrected chi connectivity index (χ4v) is 3.49. The van der Waals surface area contributed by atoms with Gasteiger partial charge >= 0.3 is 6.09 Å². The van der Waals surface area contributed by atoms with E-state index in [9.17, 15) is 9.18 Å². The minimum absolute atomic E-state index is 0.0849. The zero-order valence-electron chi connectivity index (χ0n) is 15.8. The second kappa shape index (κ2) is 7.09. The van der Waals surface area contributed by atoms with Crippen LogP contribution >= 0.6 is 0 Å². The maximum atomic E-state index is 13.5. The first-order valence-corrected chi connectivity index (χ1v) is 9.03. The van der Waals surface area contributed by atoms with Crippen LogP contribution in [0.4, 0.5) is 14.9 Å². The quantitative estimate of drug-likeness (QED) is 0.871. The number of pyridine rings is 1. The van der Waals surface area contributed by atoms with Crippen molar-refractivity contribution in [3.8, 4) is 0 Å². The molecule has 1 fully saturated rings. The minimum Gasteiger partial charge on any atom is -0.444 e. The van der Waals surface area contributed by atoms with Crippen molar-refractivity contribution in [2.75, 3.05) is 11.4 Å². The SMILES string of the molecule is CC1CC(NC(=O)OC(C)(C)C)CCN1c1ccnc2cc(F)ccc12. The van der Waals surface area contributed by atoms with Gasteiger partial charge in [-0.2, -0.15) is 0 Å². The molecule has 0 radical (unpaired) electrons. The van der Waals surface area contributed by atoms with E-state index in [1.54, 1.807) is 12.3 Å². The summed E-state index contributed by atoms with van der Waals surface area (Å²) in [5, 5.41) is 3.92. The van der Waals surface area contributed by atoms with Gasteiger partial charge in [-0.1, -0.05) is 0 Å². The molecular formula is C20H26FN3O2. The van der Waals surface area contributed by atoms with Crippen LogP contribution in [0.2, 0.25) is 0 Å². The van der Waals surface area contributed by atoms with Crippen LogP contribution in [0, 0.1) is 5.82 Å². The number of anilines is 1. The molecule has 0 spiro atoms. The van der Waals surface area contributed by atoms with E-state index in [1.807, 2.05) is 26.8 Å². The molecule has 1 saturated heterocycles. The molecule has 1 aliphatic rings. The van der Waals surface area contributed by atoms with Crippen LogP contribution < -0.4 is 10.2 Å². The summed E-state index contributed by atoms with van der Waals surface area (Å²) in [7, 11) is 0. The highest BCUT2D eigenvalue weighted by Gasteiger charge is 2.29. The number of ether oxygens (including phenoxy) is 1. The number of benzene rings is 1. The average molecular weight is 359 g/mol. The summed E-state index contributed by atoms with van der Waals surface area (Å²) in [6.07, 6.45) is 3.00. The molecule has 6 heteroatoms. The van der Waals surface area contributed by atoms with Crippen molar-refractivity contribution in [2.24, 2.45) is 0 Å². The Hall–Kier alpha value is -2.37. The van der Waals surface area contributed by atoms with E-state index in [-0.39, 0.29) is 24.0 Å². The van der Waals surface area contributed by atoms with Gasteiger partial charge in [-0.25, -0.2) is 9.18 Å². The summed E-state index contributed by atoms with van der Waals surface area (Å²) in [5.41, 5.74) is 1.21. The predicted octanol–water partition coefficient (Wildman–Crippen LogP) is 4.26. The highest BCUT2D eigenvalue weighted by atomic mass is 19.1. The molecule has 1 amide bonds. The van der Waals surface area contributed by atoms with Gasteiger partial charge in [-0.15, -0.1) is 0 Å². The highest BCUT2D eigenvalue weighted by molar-refractivity contribution is 5.91. The Morgan fingerprint density at radius 2 is 2.12 bits per heavy atom. The van der Waals surface area contributed by atoms with Crippen LogP contribution in [0.1, 0.15) is 40.5 Å². The van der Waals surface area contributed by atoms with E-state index >= 15 is 0 Å². The third kappa shape index (κ3) is 4.23. The highest BCUT2D eigenvalue weighted by Crippen LogP contribution is 2.31. The maximum Gasteiger partial charge on any atom is 0.407 e. The van der Waals surface area contributed by atoms with Crippen LogP contribution in [0.15, 0.2) is 30.5 Å². The second-order valence-corrected chi connectivity index (χ2v) is 7.90. The number of fused-ring (bicyclic) bond motifs is 1. The van der Waals surface area contributed by atoms with Crippen LogP contribution in [0.5, 0.6) is 0 Å². The molecule has 0 aliphatic carbocycles. The molecule has 2 unspecified atom stereocenters. The molecular weight excluding hydrogens is 333 g/mol. The topological polar surface area (TPSA) is 54.5 Å². The number of halogens is 1. The van der Waals surface area contributed by atoms with Gasteiger partial charge in [0.25, 0.3) is 0 Å². The van der Waals surface area contributed by atoms with Gasteiger partial charge in [-0.3, -0.25) is 4.98 Å². The van der Waals surface area contributed by atoms with E-state index in [4.69, 9.17) is 4.74 Å². The van der Waals surface area contributed by atoms with Gasteiger partial charge in [0.05, 0.1) is 5.52 Å². The number of alkyl carbamates (subject to hydrolysis) is 1. The van der Waals surface area contributed by atoms with Crippen molar-refractivity contribution >= 4 is 22.7 Å². The van der Waals surface area contributed by atoms with Crippen molar-refractivity contribution < 1.29 is 13.9 Å². The predicted molar refractivity (Wildman–Crippen MR) is 101 cm³/mol. The zero-order valence-corrected chi connectivity index (χ0v) is 15.8. The number of hydrogen-bond donors (Lipinski definition) is 1. The average Bonchev–Trinajstić information content (AvgIpc) is 2.52. The smallest absolute Gasteiger partial charge is 0.407 e. The first kappa shape index (κ1) is 18.4. The molecule has 3 rings (SSSR count). The monoisotopic (exact) mass is 359 g/mol. The van der Waals surface area contributed by atoms with Gasteiger partial charge in [-0.05, 0) is 58.7 Å². The van der Waals surface area contributed by atoms with Crippen molar-refractivity contribution in [2.45, 2.75) is 58.2 Å². The van der Waals surface area contributed by atoms with Crippen molar-refractivity contribution in [1.82, 2.24) is 10.3 Å². The summed E-state index contributed by atoms with van der Waals surface area (Å²) in [4.78, 5) is 18.6.